The lowest BCUT2D eigenvalue weighted by Crippen LogP contribution is -2.44. The van der Waals surface area contributed by atoms with Gasteiger partial charge in [0, 0.05) is 16.8 Å². The van der Waals surface area contributed by atoms with Crippen molar-refractivity contribution in [3.63, 3.8) is 0 Å². The lowest BCUT2D eigenvalue weighted by atomic mass is 10.1. The molecule has 1 N–H and O–H groups in total. The van der Waals surface area contributed by atoms with Gasteiger partial charge in [-0.2, -0.15) is 0 Å². The molecule has 0 bridgehead atoms. The van der Waals surface area contributed by atoms with E-state index >= 15 is 0 Å². The highest BCUT2D eigenvalue weighted by atomic mass is 35.5. The van der Waals surface area contributed by atoms with Crippen LogP contribution in [-0.2, 0) is 14.6 Å². The number of carbonyl (C=O) groups is 1. The standard InChI is InChI=1S/C20H23ClN2O4S/c1-14-10-18(19(27-2)11-17(14)21)22-12-20(24)23(15-6-4-3-5-7-15)16-8-9-28(25,26)13-16/h3-7,10-11,16,22H,8-9,12-13H2,1-2H3/t16-/m0/s1. The summed E-state index contributed by atoms with van der Waals surface area (Å²) in [6, 6.07) is 12.3. The third-order valence-corrected chi connectivity index (χ3v) is 6.94. The molecule has 28 heavy (non-hydrogen) atoms. The van der Waals surface area contributed by atoms with Crippen LogP contribution in [0.3, 0.4) is 0 Å². The number of methoxy groups -OCH3 is 1. The quantitative estimate of drug-likeness (QED) is 0.773. The number of halogens is 1. The summed E-state index contributed by atoms with van der Waals surface area (Å²) in [7, 11) is -1.58. The fraction of sp³-hybridized carbons (Fsp3) is 0.350. The van der Waals surface area contributed by atoms with E-state index in [4.69, 9.17) is 16.3 Å². The molecule has 0 aromatic heterocycles. The van der Waals surface area contributed by atoms with Crippen LogP contribution >= 0.6 is 11.6 Å². The van der Waals surface area contributed by atoms with Crippen LogP contribution in [0.25, 0.3) is 0 Å². The molecular weight excluding hydrogens is 400 g/mol. The van der Waals surface area contributed by atoms with Crippen molar-refractivity contribution >= 4 is 38.7 Å². The van der Waals surface area contributed by atoms with Crippen molar-refractivity contribution < 1.29 is 17.9 Å². The van der Waals surface area contributed by atoms with Crippen molar-refractivity contribution in [3.05, 3.63) is 53.1 Å². The minimum atomic E-state index is -3.12. The van der Waals surface area contributed by atoms with Crippen molar-refractivity contribution in [1.82, 2.24) is 0 Å². The van der Waals surface area contributed by atoms with Gasteiger partial charge in [-0.3, -0.25) is 4.79 Å². The Morgan fingerprint density at radius 3 is 2.61 bits per heavy atom. The molecule has 0 aliphatic carbocycles. The molecule has 1 fully saturated rings. The molecule has 3 rings (SSSR count). The second kappa shape index (κ2) is 8.41. The van der Waals surface area contributed by atoms with E-state index < -0.39 is 9.84 Å². The SMILES string of the molecule is COc1cc(Cl)c(C)cc1NCC(=O)N(c1ccccc1)[C@H]1CCS(=O)(=O)C1. The molecule has 0 spiro atoms. The highest BCUT2D eigenvalue weighted by molar-refractivity contribution is 7.91. The first-order valence-electron chi connectivity index (χ1n) is 8.96. The summed E-state index contributed by atoms with van der Waals surface area (Å²) < 4.78 is 29.2. The number of hydrogen-bond donors (Lipinski definition) is 1. The first kappa shape index (κ1) is 20.5. The van der Waals surface area contributed by atoms with Gasteiger partial charge in [0.2, 0.25) is 5.91 Å². The van der Waals surface area contributed by atoms with Crippen molar-refractivity contribution in [2.45, 2.75) is 19.4 Å². The smallest absolute Gasteiger partial charge is 0.246 e. The molecule has 150 valence electrons. The number of ether oxygens (including phenoxy) is 1. The van der Waals surface area contributed by atoms with Crippen LogP contribution in [0.5, 0.6) is 5.75 Å². The van der Waals surface area contributed by atoms with E-state index in [0.717, 1.165) is 5.56 Å². The number of rotatable bonds is 6. The molecule has 1 aliphatic heterocycles. The van der Waals surface area contributed by atoms with E-state index in [1.165, 1.54) is 7.11 Å². The zero-order valence-corrected chi connectivity index (χ0v) is 17.4. The highest BCUT2D eigenvalue weighted by Gasteiger charge is 2.35. The molecule has 1 amide bonds. The average molecular weight is 423 g/mol. The summed E-state index contributed by atoms with van der Waals surface area (Å²) in [4.78, 5) is 14.7. The molecule has 0 saturated carbocycles. The molecule has 1 aliphatic rings. The molecular formula is C20H23ClN2O4S. The van der Waals surface area contributed by atoms with Crippen LogP contribution in [0.4, 0.5) is 11.4 Å². The molecule has 6 nitrogen and oxygen atoms in total. The normalized spacial score (nSPS) is 17.9. The lowest BCUT2D eigenvalue weighted by molar-refractivity contribution is -0.117. The summed E-state index contributed by atoms with van der Waals surface area (Å²) >= 11 is 6.13. The van der Waals surface area contributed by atoms with Gasteiger partial charge in [-0.25, -0.2) is 8.42 Å². The van der Waals surface area contributed by atoms with Gasteiger partial charge >= 0.3 is 0 Å². The fourth-order valence-corrected chi connectivity index (χ4v) is 5.21. The minimum Gasteiger partial charge on any atom is -0.495 e. The summed E-state index contributed by atoms with van der Waals surface area (Å²) in [5.41, 5.74) is 2.21. The van der Waals surface area contributed by atoms with Gasteiger partial charge in [0.15, 0.2) is 9.84 Å². The fourth-order valence-electron chi connectivity index (χ4n) is 3.35. The van der Waals surface area contributed by atoms with E-state index in [0.29, 0.717) is 28.6 Å². The van der Waals surface area contributed by atoms with Crippen LogP contribution in [0.15, 0.2) is 42.5 Å². The number of nitrogens with zero attached hydrogens (tertiary/aromatic N) is 1. The van der Waals surface area contributed by atoms with Crippen LogP contribution in [-0.4, -0.2) is 45.5 Å². The number of aryl methyl sites for hydroxylation is 1. The maximum atomic E-state index is 13.1. The third-order valence-electron chi connectivity index (χ3n) is 4.79. The highest BCUT2D eigenvalue weighted by Crippen LogP contribution is 2.31. The minimum absolute atomic E-state index is 0.00285. The number of hydrogen-bond acceptors (Lipinski definition) is 5. The second-order valence-electron chi connectivity index (χ2n) is 6.81. The topological polar surface area (TPSA) is 75.7 Å². The Bertz CT molecular complexity index is 964. The Balaban J connectivity index is 1.82. The van der Waals surface area contributed by atoms with E-state index in [9.17, 15) is 13.2 Å². The second-order valence-corrected chi connectivity index (χ2v) is 9.45. The van der Waals surface area contributed by atoms with Gasteiger partial charge < -0.3 is 15.0 Å². The van der Waals surface area contributed by atoms with Crippen molar-refractivity contribution in [2.75, 3.05) is 35.4 Å². The van der Waals surface area contributed by atoms with Gasteiger partial charge in [-0.1, -0.05) is 29.8 Å². The molecule has 2 aromatic carbocycles. The molecule has 1 atom stereocenters. The lowest BCUT2D eigenvalue weighted by Gasteiger charge is -2.29. The zero-order valence-electron chi connectivity index (χ0n) is 15.8. The summed E-state index contributed by atoms with van der Waals surface area (Å²) in [5, 5.41) is 3.68. The third kappa shape index (κ3) is 4.59. The van der Waals surface area contributed by atoms with Crippen LogP contribution in [0.1, 0.15) is 12.0 Å². The average Bonchev–Trinajstić information content (AvgIpc) is 3.02. The maximum absolute atomic E-state index is 13.1. The summed E-state index contributed by atoms with van der Waals surface area (Å²) in [6.07, 6.45) is 0.437. The van der Waals surface area contributed by atoms with Crippen molar-refractivity contribution in [2.24, 2.45) is 0 Å². The van der Waals surface area contributed by atoms with E-state index in [1.54, 1.807) is 11.0 Å². The predicted octanol–water partition coefficient (Wildman–Crippen LogP) is 3.29. The van der Waals surface area contributed by atoms with Crippen molar-refractivity contribution in [1.29, 1.82) is 0 Å². The number of sulfone groups is 1. The number of carbonyl (C=O) groups excluding carboxylic acids is 1. The van der Waals surface area contributed by atoms with Crippen LogP contribution in [0, 0.1) is 6.92 Å². The number of para-hydroxylation sites is 1. The maximum Gasteiger partial charge on any atom is 0.246 e. The number of anilines is 2. The zero-order chi connectivity index (χ0) is 20.3. The molecule has 1 heterocycles. The predicted molar refractivity (Wildman–Crippen MR) is 112 cm³/mol. The Labute approximate surface area is 170 Å². The van der Waals surface area contributed by atoms with E-state index in [1.807, 2.05) is 43.3 Å². The molecule has 1 saturated heterocycles. The largest absolute Gasteiger partial charge is 0.495 e. The Kier molecular flexibility index (Phi) is 6.15. The number of nitrogens with one attached hydrogen (secondary N) is 1. The van der Waals surface area contributed by atoms with Gasteiger partial charge in [0.05, 0.1) is 36.9 Å². The number of amides is 1. The molecule has 0 unspecified atom stereocenters. The Hall–Kier alpha value is -2.25. The molecule has 2 aromatic rings. The Morgan fingerprint density at radius 2 is 2.00 bits per heavy atom. The van der Waals surface area contributed by atoms with Crippen LogP contribution < -0.4 is 15.0 Å². The molecule has 8 heteroatoms. The van der Waals surface area contributed by atoms with Gasteiger partial charge in [-0.05, 0) is 37.1 Å². The van der Waals surface area contributed by atoms with Crippen LogP contribution in [0.2, 0.25) is 5.02 Å². The van der Waals surface area contributed by atoms with Crippen molar-refractivity contribution in [3.8, 4) is 5.75 Å². The monoisotopic (exact) mass is 422 g/mol. The van der Waals surface area contributed by atoms with Gasteiger partial charge in [-0.15, -0.1) is 0 Å². The van der Waals surface area contributed by atoms with E-state index in [-0.39, 0.29) is 30.0 Å². The number of benzene rings is 2. The first-order chi connectivity index (χ1) is 13.3. The van der Waals surface area contributed by atoms with Gasteiger partial charge in [0.25, 0.3) is 0 Å². The Morgan fingerprint density at radius 1 is 1.29 bits per heavy atom. The summed E-state index contributed by atoms with van der Waals surface area (Å²) in [5.74, 6) is 0.421. The van der Waals surface area contributed by atoms with E-state index in [2.05, 4.69) is 5.32 Å². The molecule has 0 radical (unpaired) electrons. The first-order valence-corrected chi connectivity index (χ1v) is 11.2. The summed E-state index contributed by atoms with van der Waals surface area (Å²) in [6.45, 7) is 1.87. The van der Waals surface area contributed by atoms with Gasteiger partial charge in [0.1, 0.15) is 5.75 Å².